The Morgan fingerprint density at radius 3 is 2.66 bits per heavy atom. The molecule has 2 aromatic carbocycles. The van der Waals surface area contributed by atoms with Crippen LogP contribution in [-0.2, 0) is 17.9 Å². The van der Waals surface area contributed by atoms with Gasteiger partial charge in [0.25, 0.3) is 5.56 Å². The topological polar surface area (TPSA) is 118 Å². The summed E-state index contributed by atoms with van der Waals surface area (Å²) in [6.45, 7) is 4.19. The minimum absolute atomic E-state index is 0. The first-order chi connectivity index (χ1) is 17.9. The van der Waals surface area contributed by atoms with Gasteiger partial charge in [-0.15, -0.1) is 12.4 Å². The Labute approximate surface area is 230 Å². The van der Waals surface area contributed by atoms with Gasteiger partial charge in [-0.3, -0.25) is 18.7 Å². The van der Waals surface area contributed by atoms with Crippen LogP contribution in [0.2, 0.25) is 5.02 Å². The first kappa shape index (κ1) is 27.7. The normalized spacial score (nSPS) is 18.6. The highest BCUT2D eigenvalue weighted by Gasteiger charge is 2.33. The number of nitrogens with one attached hydrogen (secondary N) is 2. The van der Waals surface area contributed by atoms with Crippen LogP contribution in [0.5, 0.6) is 5.75 Å². The molecule has 38 heavy (non-hydrogen) atoms. The Morgan fingerprint density at radius 1 is 1.18 bits per heavy atom. The second-order valence-corrected chi connectivity index (χ2v) is 10.1. The zero-order valence-corrected chi connectivity index (χ0v) is 22.5. The third-order valence-electron chi connectivity index (χ3n) is 7.15. The van der Waals surface area contributed by atoms with E-state index < -0.39 is 0 Å². The van der Waals surface area contributed by atoms with Crippen molar-refractivity contribution in [2.75, 3.05) is 25.0 Å². The molecule has 1 amide bonds. The van der Waals surface area contributed by atoms with Gasteiger partial charge in [-0.05, 0) is 56.0 Å². The van der Waals surface area contributed by atoms with Crippen LogP contribution in [0.4, 0.5) is 5.69 Å². The maximum Gasteiger partial charge on any atom is 0.331 e. The van der Waals surface area contributed by atoms with Gasteiger partial charge in [-0.25, -0.2) is 4.79 Å². The van der Waals surface area contributed by atoms with E-state index >= 15 is 0 Å². The summed E-state index contributed by atoms with van der Waals surface area (Å²) in [6, 6.07) is 12.0. The molecule has 2 fully saturated rings. The molecule has 1 aliphatic carbocycles. The number of aryl methyl sites for hydroxylation is 1. The van der Waals surface area contributed by atoms with E-state index in [-0.39, 0.29) is 41.4 Å². The largest absolute Gasteiger partial charge is 0.493 e. The first-order valence-electron chi connectivity index (χ1n) is 12.5. The molecule has 11 heteroatoms. The van der Waals surface area contributed by atoms with Crippen LogP contribution in [0.15, 0.2) is 46.0 Å². The van der Waals surface area contributed by atoms with Crippen molar-refractivity contribution in [3.8, 4) is 11.8 Å². The highest BCUT2D eigenvalue weighted by Crippen LogP contribution is 2.30. The van der Waals surface area contributed by atoms with Crippen molar-refractivity contribution in [1.29, 1.82) is 5.26 Å². The smallest absolute Gasteiger partial charge is 0.331 e. The van der Waals surface area contributed by atoms with Crippen molar-refractivity contribution in [3.63, 3.8) is 0 Å². The summed E-state index contributed by atoms with van der Waals surface area (Å²) < 4.78 is 8.81. The molecule has 5 rings (SSSR count). The lowest BCUT2D eigenvalue weighted by Crippen LogP contribution is -2.40. The SMILES string of the molecule is CCn1c(=O)n(CC2CC2)c(=O)c2cc(NC(=O)[C@@H]3CNC[C@H]3COc3ccc(C#N)c(Cl)c3)ccc21.Cl. The Kier molecular flexibility index (Phi) is 8.46. The highest BCUT2D eigenvalue weighted by molar-refractivity contribution is 6.31. The van der Waals surface area contributed by atoms with E-state index in [0.717, 1.165) is 12.8 Å². The number of rotatable bonds is 8. The molecule has 0 bridgehead atoms. The standard InChI is InChI=1S/C27H28ClN5O4.ClH/c1-2-32-24-8-6-19(9-21(24)26(35)33(27(32)36)14-16-3-4-16)31-25(34)22-13-30-12-18(22)15-37-20-7-5-17(11-29)23(28)10-20;/h5-10,16,18,22,30H,2-4,12-15H2,1H3,(H,31,34);1H/t18-,22+;/m0./s1. The Bertz CT molecular complexity index is 1520. The van der Waals surface area contributed by atoms with E-state index in [9.17, 15) is 14.4 Å². The van der Waals surface area contributed by atoms with Gasteiger partial charge in [0.15, 0.2) is 0 Å². The number of carbonyl (C=O) groups excluding carboxylic acids is 1. The molecule has 2 heterocycles. The molecule has 1 aliphatic heterocycles. The van der Waals surface area contributed by atoms with Gasteiger partial charge >= 0.3 is 5.69 Å². The molecule has 0 unspecified atom stereocenters. The summed E-state index contributed by atoms with van der Waals surface area (Å²) in [5.41, 5.74) is 0.853. The minimum Gasteiger partial charge on any atom is -0.493 e. The van der Waals surface area contributed by atoms with Crippen molar-refractivity contribution in [2.45, 2.75) is 32.9 Å². The predicted octanol–water partition coefficient (Wildman–Crippen LogP) is 3.39. The number of amides is 1. The van der Waals surface area contributed by atoms with Crippen LogP contribution >= 0.6 is 24.0 Å². The lowest BCUT2D eigenvalue weighted by Gasteiger charge is -2.19. The number of nitriles is 1. The van der Waals surface area contributed by atoms with Crippen molar-refractivity contribution < 1.29 is 9.53 Å². The molecule has 1 saturated heterocycles. The molecule has 2 aliphatic rings. The quantitative estimate of drug-likeness (QED) is 0.438. The van der Waals surface area contributed by atoms with Crippen molar-refractivity contribution in [1.82, 2.24) is 14.5 Å². The third-order valence-corrected chi connectivity index (χ3v) is 7.46. The lowest BCUT2D eigenvalue weighted by molar-refractivity contribution is -0.120. The number of ether oxygens (including phenoxy) is 1. The molecular formula is C27H29Cl2N5O4. The second kappa shape index (κ2) is 11.6. The van der Waals surface area contributed by atoms with Crippen LogP contribution in [0.3, 0.4) is 0 Å². The van der Waals surface area contributed by atoms with E-state index in [4.69, 9.17) is 21.6 Å². The average molecular weight is 558 g/mol. The van der Waals surface area contributed by atoms with E-state index in [0.29, 0.717) is 71.6 Å². The summed E-state index contributed by atoms with van der Waals surface area (Å²) in [6.07, 6.45) is 2.06. The third kappa shape index (κ3) is 5.58. The summed E-state index contributed by atoms with van der Waals surface area (Å²) >= 11 is 6.09. The number of benzene rings is 2. The molecule has 2 atom stereocenters. The molecule has 2 N–H and O–H groups in total. The highest BCUT2D eigenvalue weighted by atomic mass is 35.5. The fourth-order valence-electron chi connectivity index (χ4n) is 4.86. The number of halogens is 2. The number of aromatic nitrogens is 2. The van der Waals surface area contributed by atoms with Crippen LogP contribution in [-0.4, -0.2) is 34.7 Å². The zero-order valence-electron chi connectivity index (χ0n) is 20.9. The number of hydrogen-bond donors (Lipinski definition) is 2. The van der Waals surface area contributed by atoms with Crippen LogP contribution in [0, 0.1) is 29.1 Å². The van der Waals surface area contributed by atoms with Crippen molar-refractivity contribution >= 4 is 46.5 Å². The average Bonchev–Trinajstić information content (AvgIpc) is 3.59. The van der Waals surface area contributed by atoms with Gasteiger partial charge in [0, 0.05) is 43.9 Å². The van der Waals surface area contributed by atoms with E-state index in [1.54, 1.807) is 41.0 Å². The van der Waals surface area contributed by atoms with Crippen molar-refractivity contribution in [2.24, 2.45) is 17.8 Å². The fourth-order valence-corrected chi connectivity index (χ4v) is 5.07. The molecule has 9 nitrogen and oxygen atoms in total. The van der Waals surface area contributed by atoms with Crippen LogP contribution in [0.25, 0.3) is 10.9 Å². The summed E-state index contributed by atoms with van der Waals surface area (Å²) in [5, 5.41) is 16.0. The number of carbonyl (C=O) groups is 1. The van der Waals surface area contributed by atoms with E-state index in [1.165, 1.54) is 4.57 Å². The van der Waals surface area contributed by atoms with Gasteiger partial charge in [0.1, 0.15) is 11.8 Å². The Morgan fingerprint density at radius 2 is 1.97 bits per heavy atom. The van der Waals surface area contributed by atoms with E-state index in [1.807, 2.05) is 13.0 Å². The molecule has 200 valence electrons. The molecule has 1 saturated carbocycles. The summed E-state index contributed by atoms with van der Waals surface area (Å²) in [5.74, 6) is 0.342. The van der Waals surface area contributed by atoms with Gasteiger partial charge in [-0.2, -0.15) is 5.26 Å². The molecular weight excluding hydrogens is 529 g/mol. The lowest BCUT2D eigenvalue weighted by atomic mass is 9.96. The maximum absolute atomic E-state index is 13.2. The monoisotopic (exact) mass is 557 g/mol. The Balaban J connectivity index is 0.00000336. The molecule has 0 radical (unpaired) electrons. The molecule has 3 aromatic rings. The molecule has 1 aromatic heterocycles. The number of hydrogen-bond acceptors (Lipinski definition) is 6. The Hall–Kier alpha value is -3.32. The predicted molar refractivity (Wildman–Crippen MR) is 148 cm³/mol. The van der Waals surface area contributed by atoms with Gasteiger partial charge in [0.05, 0.1) is 34.0 Å². The van der Waals surface area contributed by atoms with Crippen molar-refractivity contribution in [3.05, 3.63) is 67.8 Å². The fraction of sp³-hybridized carbons (Fsp3) is 0.407. The number of anilines is 1. The van der Waals surface area contributed by atoms with Gasteiger partial charge < -0.3 is 15.4 Å². The zero-order chi connectivity index (χ0) is 26.1. The van der Waals surface area contributed by atoms with E-state index in [2.05, 4.69) is 10.6 Å². The summed E-state index contributed by atoms with van der Waals surface area (Å²) in [4.78, 5) is 39.3. The number of fused-ring (bicyclic) bond motifs is 1. The number of nitrogens with zero attached hydrogens (tertiary/aromatic N) is 3. The maximum atomic E-state index is 13.2. The second-order valence-electron chi connectivity index (χ2n) is 9.70. The summed E-state index contributed by atoms with van der Waals surface area (Å²) in [7, 11) is 0. The van der Waals surface area contributed by atoms with Crippen LogP contribution in [0.1, 0.15) is 25.3 Å². The van der Waals surface area contributed by atoms with Crippen LogP contribution < -0.4 is 26.6 Å². The minimum atomic E-state index is -0.333. The first-order valence-corrected chi connectivity index (χ1v) is 12.9. The molecule has 0 spiro atoms. The van der Waals surface area contributed by atoms with Gasteiger partial charge in [-0.1, -0.05) is 11.6 Å². The van der Waals surface area contributed by atoms with Gasteiger partial charge in [0.2, 0.25) is 5.91 Å².